The van der Waals surface area contributed by atoms with Crippen molar-refractivity contribution in [2.75, 3.05) is 18.7 Å². The molecule has 3 N–H and O–H groups in total. The van der Waals surface area contributed by atoms with Crippen molar-refractivity contribution in [1.29, 1.82) is 0 Å². The van der Waals surface area contributed by atoms with Gasteiger partial charge in [-0.05, 0) is 42.3 Å². The summed E-state index contributed by atoms with van der Waals surface area (Å²) < 4.78 is 48.4. The number of benzene rings is 2. The predicted octanol–water partition coefficient (Wildman–Crippen LogP) is 3.68. The number of ether oxygens (including phenoxy) is 2. The smallest absolute Gasteiger partial charge is 0.416 e. The van der Waals surface area contributed by atoms with Crippen molar-refractivity contribution in [3.63, 3.8) is 0 Å². The highest BCUT2D eigenvalue weighted by molar-refractivity contribution is 5.89. The van der Waals surface area contributed by atoms with Gasteiger partial charge in [0.25, 0.3) is 0 Å². The number of fused-ring (bicyclic) bond motifs is 1. The number of hydrogen-bond acceptors (Lipinski definition) is 4. The predicted molar refractivity (Wildman–Crippen MR) is 90.6 cm³/mol. The van der Waals surface area contributed by atoms with Crippen LogP contribution in [0.2, 0.25) is 0 Å². The molecule has 1 aliphatic heterocycles. The summed E-state index contributed by atoms with van der Waals surface area (Å²) >= 11 is 0. The standard InChI is InChI=1S/C18H17F3N2O4/c19-18(20,21)12-2-1-3-13(9-12)23-17(25)22-7-6-14(24)11-4-5-15-16(8-11)27-10-26-15/h1-5,8-9,14,24H,6-7,10H2,(H2,22,23,25). The number of amides is 2. The highest BCUT2D eigenvalue weighted by Gasteiger charge is 2.30. The van der Waals surface area contributed by atoms with Gasteiger partial charge >= 0.3 is 12.2 Å². The Morgan fingerprint density at radius 1 is 1.15 bits per heavy atom. The van der Waals surface area contributed by atoms with Crippen LogP contribution in [0.3, 0.4) is 0 Å². The van der Waals surface area contributed by atoms with Crippen LogP contribution >= 0.6 is 0 Å². The maximum atomic E-state index is 12.7. The molecule has 1 unspecified atom stereocenters. The van der Waals surface area contributed by atoms with Gasteiger partial charge in [-0.3, -0.25) is 0 Å². The Morgan fingerprint density at radius 3 is 2.70 bits per heavy atom. The van der Waals surface area contributed by atoms with Crippen LogP contribution in [0.25, 0.3) is 0 Å². The van der Waals surface area contributed by atoms with Gasteiger partial charge in [0.15, 0.2) is 11.5 Å². The first-order valence-electron chi connectivity index (χ1n) is 8.12. The summed E-state index contributed by atoms with van der Waals surface area (Å²) in [5.74, 6) is 1.14. The fourth-order valence-corrected chi connectivity index (χ4v) is 2.56. The molecule has 0 radical (unpaired) electrons. The molecule has 0 fully saturated rings. The summed E-state index contributed by atoms with van der Waals surface area (Å²) in [6.45, 7) is 0.256. The second-order valence-corrected chi connectivity index (χ2v) is 5.88. The largest absolute Gasteiger partial charge is 0.454 e. The molecule has 27 heavy (non-hydrogen) atoms. The number of aliphatic hydroxyl groups excluding tert-OH is 1. The van der Waals surface area contributed by atoms with E-state index < -0.39 is 23.9 Å². The van der Waals surface area contributed by atoms with Crippen molar-refractivity contribution in [3.05, 3.63) is 53.6 Å². The number of carbonyl (C=O) groups is 1. The Labute approximate surface area is 152 Å². The van der Waals surface area contributed by atoms with E-state index in [0.29, 0.717) is 17.1 Å². The highest BCUT2D eigenvalue weighted by Crippen LogP contribution is 2.34. The highest BCUT2D eigenvalue weighted by atomic mass is 19.4. The molecule has 0 saturated carbocycles. The van der Waals surface area contributed by atoms with Crippen LogP contribution in [0.5, 0.6) is 11.5 Å². The molecular formula is C18H17F3N2O4. The fraction of sp³-hybridized carbons (Fsp3) is 0.278. The number of aliphatic hydroxyl groups is 1. The number of anilines is 1. The monoisotopic (exact) mass is 382 g/mol. The Kier molecular flexibility index (Phi) is 5.41. The van der Waals surface area contributed by atoms with Gasteiger partial charge < -0.3 is 25.2 Å². The summed E-state index contributed by atoms with van der Waals surface area (Å²) in [7, 11) is 0. The normalized spacial score (nSPS) is 13.9. The molecule has 2 amide bonds. The van der Waals surface area contributed by atoms with Gasteiger partial charge in [0.1, 0.15) is 0 Å². The fourth-order valence-electron chi connectivity index (χ4n) is 2.56. The third-order valence-electron chi connectivity index (χ3n) is 3.93. The van der Waals surface area contributed by atoms with Gasteiger partial charge in [-0.25, -0.2) is 4.79 Å². The summed E-state index contributed by atoms with van der Waals surface area (Å²) in [4.78, 5) is 11.8. The van der Waals surface area contributed by atoms with E-state index in [1.165, 1.54) is 12.1 Å². The summed E-state index contributed by atoms with van der Waals surface area (Å²) in [6.07, 6.45) is -5.10. The Balaban J connectivity index is 1.48. The molecule has 3 rings (SSSR count). The number of urea groups is 1. The maximum Gasteiger partial charge on any atom is 0.416 e. The summed E-state index contributed by atoms with van der Waals surface area (Å²) in [6, 6.07) is 8.72. The minimum atomic E-state index is -4.48. The summed E-state index contributed by atoms with van der Waals surface area (Å²) in [5, 5.41) is 15.0. The van der Waals surface area contributed by atoms with Gasteiger partial charge in [-0.15, -0.1) is 0 Å². The summed E-state index contributed by atoms with van der Waals surface area (Å²) in [5.41, 5.74) is -0.212. The zero-order valence-electron chi connectivity index (χ0n) is 14.0. The number of halogens is 3. The number of nitrogens with one attached hydrogen (secondary N) is 2. The molecule has 1 aliphatic rings. The van der Waals surface area contributed by atoms with Crippen LogP contribution in [0.1, 0.15) is 23.7 Å². The third-order valence-corrected chi connectivity index (χ3v) is 3.93. The molecule has 2 aromatic carbocycles. The molecule has 1 atom stereocenters. The third kappa shape index (κ3) is 4.82. The van der Waals surface area contributed by atoms with Crippen LogP contribution in [0.15, 0.2) is 42.5 Å². The number of hydrogen-bond donors (Lipinski definition) is 3. The SMILES string of the molecule is O=C(NCCC(O)c1ccc2c(c1)OCO2)Nc1cccc(C(F)(F)F)c1. The van der Waals surface area contributed by atoms with Gasteiger partial charge in [0.05, 0.1) is 11.7 Å². The van der Waals surface area contributed by atoms with Crippen LogP contribution < -0.4 is 20.1 Å². The number of carbonyl (C=O) groups excluding carboxylic acids is 1. The van der Waals surface area contributed by atoms with E-state index in [0.717, 1.165) is 12.1 Å². The topological polar surface area (TPSA) is 79.8 Å². The van der Waals surface area contributed by atoms with Gasteiger partial charge in [-0.1, -0.05) is 12.1 Å². The zero-order chi connectivity index (χ0) is 19.4. The number of alkyl halides is 3. The van der Waals surface area contributed by atoms with Gasteiger partial charge in [-0.2, -0.15) is 13.2 Å². The van der Waals surface area contributed by atoms with E-state index in [4.69, 9.17) is 9.47 Å². The lowest BCUT2D eigenvalue weighted by Gasteiger charge is -2.13. The van der Waals surface area contributed by atoms with E-state index >= 15 is 0 Å². The van der Waals surface area contributed by atoms with E-state index in [1.807, 2.05) is 0 Å². The first-order chi connectivity index (χ1) is 12.8. The lowest BCUT2D eigenvalue weighted by molar-refractivity contribution is -0.137. The van der Waals surface area contributed by atoms with Crippen molar-refractivity contribution < 1.29 is 32.5 Å². The molecular weight excluding hydrogens is 365 g/mol. The minimum Gasteiger partial charge on any atom is -0.454 e. The maximum absolute atomic E-state index is 12.7. The second-order valence-electron chi connectivity index (χ2n) is 5.88. The average molecular weight is 382 g/mol. The molecule has 144 valence electrons. The van der Waals surface area contributed by atoms with Gasteiger partial charge in [0, 0.05) is 12.2 Å². The minimum absolute atomic E-state index is 0.0265. The molecule has 1 heterocycles. The Bertz CT molecular complexity index is 826. The lowest BCUT2D eigenvalue weighted by atomic mass is 10.1. The van der Waals surface area contributed by atoms with E-state index in [-0.39, 0.29) is 25.4 Å². The van der Waals surface area contributed by atoms with Crippen molar-refractivity contribution in [2.45, 2.75) is 18.7 Å². The molecule has 2 aromatic rings. The molecule has 9 heteroatoms. The Hall–Kier alpha value is -2.94. The second kappa shape index (κ2) is 7.75. The van der Waals surface area contributed by atoms with E-state index in [9.17, 15) is 23.1 Å². The first kappa shape index (κ1) is 18.8. The Morgan fingerprint density at radius 2 is 1.93 bits per heavy atom. The van der Waals surface area contributed by atoms with Crippen molar-refractivity contribution in [1.82, 2.24) is 5.32 Å². The van der Waals surface area contributed by atoms with Gasteiger partial charge in [0.2, 0.25) is 6.79 Å². The van der Waals surface area contributed by atoms with E-state index in [1.54, 1.807) is 18.2 Å². The van der Waals surface area contributed by atoms with E-state index in [2.05, 4.69) is 10.6 Å². The van der Waals surface area contributed by atoms with Crippen molar-refractivity contribution in [3.8, 4) is 11.5 Å². The number of rotatable bonds is 5. The average Bonchev–Trinajstić information content (AvgIpc) is 3.08. The van der Waals surface area contributed by atoms with Crippen LogP contribution in [-0.4, -0.2) is 24.5 Å². The molecule has 0 bridgehead atoms. The molecule has 0 aromatic heterocycles. The zero-order valence-corrected chi connectivity index (χ0v) is 14.0. The molecule has 6 nitrogen and oxygen atoms in total. The molecule has 0 spiro atoms. The van der Waals surface area contributed by atoms with Crippen LogP contribution in [0.4, 0.5) is 23.7 Å². The van der Waals surface area contributed by atoms with Crippen molar-refractivity contribution >= 4 is 11.7 Å². The lowest BCUT2D eigenvalue weighted by Crippen LogP contribution is -2.30. The molecule has 0 saturated heterocycles. The van der Waals surface area contributed by atoms with Crippen LogP contribution in [0, 0.1) is 0 Å². The van der Waals surface area contributed by atoms with Crippen LogP contribution in [-0.2, 0) is 6.18 Å². The quantitative estimate of drug-likeness (QED) is 0.737. The van der Waals surface area contributed by atoms with Crippen molar-refractivity contribution in [2.24, 2.45) is 0 Å². The first-order valence-corrected chi connectivity index (χ1v) is 8.12. The molecule has 0 aliphatic carbocycles.